The topological polar surface area (TPSA) is 53.6 Å². The van der Waals surface area contributed by atoms with Gasteiger partial charge in [0.2, 0.25) is 0 Å². The molecule has 1 heterocycles. The number of anilines is 1. The van der Waals surface area contributed by atoms with E-state index in [1.54, 1.807) is 0 Å². The van der Waals surface area contributed by atoms with Crippen LogP contribution in [0, 0.1) is 5.92 Å². The van der Waals surface area contributed by atoms with E-state index in [9.17, 15) is 0 Å². The number of benzene rings is 1. The third kappa shape index (κ3) is 6.52. The Kier molecular flexibility index (Phi) is 8.78. The molecule has 1 aliphatic rings. The second kappa shape index (κ2) is 10.0. The number of hydrogen-bond donors (Lipinski definition) is 2. The van der Waals surface area contributed by atoms with Crippen LogP contribution in [0.5, 0.6) is 0 Å². The molecular weight excluding hydrogens is 387 g/mol. The molecule has 0 saturated carbocycles. The van der Waals surface area contributed by atoms with E-state index >= 15 is 0 Å². The number of hydrogen-bond acceptors (Lipinski definition) is 2. The molecule has 0 amide bonds. The molecule has 0 spiro atoms. The molecule has 0 radical (unpaired) electrons. The van der Waals surface area contributed by atoms with E-state index in [0.717, 1.165) is 31.0 Å². The molecular formula is C17H29IN4. The molecule has 0 aliphatic carbocycles. The van der Waals surface area contributed by atoms with Gasteiger partial charge in [0.1, 0.15) is 0 Å². The average molecular weight is 416 g/mol. The summed E-state index contributed by atoms with van der Waals surface area (Å²) in [5.74, 6) is 1.33. The fourth-order valence-electron chi connectivity index (χ4n) is 2.73. The van der Waals surface area contributed by atoms with Crippen LogP contribution in [-0.4, -0.2) is 37.5 Å². The first-order valence-electron chi connectivity index (χ1n) is 8.01. The molecule has 1 fully saturated rings. The average Bonchev–Trinajstić information content (AvgIpc) is 2.50. The molecule has 0 bridgehead atoms. The molecule has 124 valence electrons. The summed E-state index contributed by atoms with van der Waals surface area (Å²) in [5, 5.41) is 3.16. The van der Waals surface area contributed by atoms with Crippen LogP contribution < -0.4 is 11.1 Å². The number of halogens is 1. The molecule has 1 saturated heterocycles. The zero-order valence-electron chi connectivity index (χ0n) is 13.7. The number of guanidine groups is 1. The van der Waals surface area contributed by atoms with E-state index in [4.69, 9.17) is 5.73 Å². The molecule has 0 aromatic heterocycles. The van der Waals surface area contributed by atoms with Gasteiger partial charge in [0.15, 0.2) is 5.96 Å². The summed E-state index contributed by atoms with van der Waals surface area (Å²) in [5.41, 5.74) is 8.28. The number of rotatable bonds is 5. The van der Waals surface area contributed by atoms with E-state index in [1.165, 1.54) is 31.5 Å². The van der Waals surface area contributed by atoms with Gasteiger partial charge in [-0.25, -0.2) is 0 Å². The molecule has 22 heavy (non-hydrogen) atoms. The van der Waals surface area contributed by atoms with Crippen molar-refractivity contribution in [3.8, 4) is 0 Å². The molecule has 1 aromatic carbocycles. The predicted molar refractivity (Wildman–Crippen MR) is 106 cm³/mol. The highest BCUT2D eigenvalue weighted by Crippen LogP contribution is 2.19. The van der Waals surface area contributed by atoms with Gasteiger partial charge in [-0.1, -0.05) is 19.1 Å². The highest BCUT2D eigenvalue weighted by atomic mass is 127. The third-order valence-electron chi connectivity index (χ3n) is 4.29. The summed E-state index contributed by atoms with van der Waals surface area (Å²) in [6.07, 6.45) is 4.78. The fraction of sp³-hybridized carbons (Fsp3) is 0.588. The van der Waals surface area contributed by atoms with Crippen molar-refractivity contribution in [2.45, 2.75) is 32.6 Å². The lowest BCUT2D eigenvalue weighted by Gasteiger charge is -2.28. The maximum atomic E-state index is 5.94. The number of aryl methyl sites for hydroxylation is 1. The van der Waals surface area contributed by atoms with Gasteiger partial charge in [-0.15, -0.1) is 24.0 Å². The summed E-state index contributed by atoms with van der Waals surface area (Å²) in [7, 11) is 2.19. The summed E-state index contributed by atoms with van der Waals surface area (Å²) < 4.78 is 0. The molecule has 0 unspecified atom stereocenters. The highest BCUT2D eigenvalue weighted by molar-refractivity contribution is 14.0. The number of likely N-dealkylation sites (tertiary alicyclic amines) is 1. The molecule has 2 rings (SSSR count). The zero-order chi connectivity index (χ0) is 15.1. The number of aliphatic imine (C=N–C) groups is 1. The molecule has 3 N–H and O–H groups in total. The van der Waals surface area contributed by atoms with Gasteiger partial charge in [-0.2, -0.15) is 0 Å². The SMILES string of the molecule is CCc1ccc(NC(N)=NCCC2CCN(C)CC2)cc1.I. The Morgan fingerprint density at radius 1 is 1.27 bits per heavy atom. The maximum Gasteiger partial charge on any atom is 0.193 e. The van der Waals surface area contributed by atoms with Gasteiger partial charge >= 0.3 is 0 Å². The molecule has 1 aromatic rings. The normalized spacial score (nSPS) is 17.1. The Hall–Kier alpha value is -0.820. The van der Waals surface area contributed by atoms with Crippen LogP contribution >= 0.6 is 24.0 Å². The fourth-order valence-corrected chi connectivity index (χ4v) is 2.73. The van der Waals surface area contributed by atoms with E-state index in [1.807, 2.05) is 0 Å². The molecule has 4 nitrogen and oxygen atoms in total. The minimum Gasteiger partial charge on any atom is -0.370 e. The van der Waals surface area contributed by atoms with Crippen molar-refractivity contribution in [2.24, 2.45) is 16.6 Å². The number of piperidine rings is 1. The van der Waals surface area contributed by atoms with Gasteiger partial charge < -0.3 is 16.0 Å². The number of nitrogens with two attached hydrogens (primary N) is 1. The first-order chi connectivity index (χ1) is 10.2. The van der Waals surface area contributed by atoms with Gasteiger partial charge in [0.05, 0.1) is 0 Å². The van der Waals surface area contributed by atoms with Crippen LogP contribution in [0.3, 0.4) is 0 Å². The highest BCUT2D eigenvalue weighted by Gasteiger charge is 2.15. The first-order valence-corrected chi connectivity index (χ1v) is 8.01. The predicted octanol–water partition coefficient (Wildman–Crippen LogP) is 3.33. The molecule has 0 atom stereocenters. The summed E-state index contributed by atoms with van der Waals surface area (Å²) >= 11 is 0. The van der Waals surface area contributed by atoms with E-state index in [-0.39, 0.29) is 24.0 Å². The Morgan fingerprint density at radius 2 is 1.91 bits per heavy atom. The standard InChI is InChI=1S/C17H28N4.HI/c1-3-14-4-6-16(7-5-14)20-17(18)19-11-8-15-9-12-21(2)13-10-15;/h4-7,15H,3,8-13H2,1-2H3,(H3,18,19,20);1H. The van der Waals surface area contributed by atoms with Crippen molar-refractivity contribution < 1.29 is 0 Å². The van der Waals surface area contributed by atoms with Gasteiger partial charge in [-0.3, -0.25) is 4.99 Å². The summed E-state index contributed by atoms with van der Waals surface area (Å²) in [6, 6.07) is 8.35. The van der Waals surface area contributed by atoms with Gasteiger partial charge in [0.25, 0.3) is 0 Å². The van der Waals surface area contributed by atoms with Crippen molar-refractivity contribution in [1.82, 2.24) is 4.90 Å². The van der Waals surface area contributed by atoms with Gasteiger partial charge in [-0.05, 0) is 69.4 Å². The molecule has 5 heteroatoms. The summed E-state index contributed by atoms with van der Waals surface area (Å²) in [4.78, 5) is 6.84. The minimum absolute atomic E-state index is 0. The monoisotopic (exact) mass is 416 g/mol. The third-order valence-corrected chi connectivity index (χ3v) is 4.29. The largest absolute Gasteiger partial charge is 0.370 e. The van der Waals surface area contributed by atoms with Crippen LogP contribution in [0.1, 0.15) is 31.7 Å². The van der Waals surface area contributed by atoms with Crippen molar-refractivity contribution in [1.29, 1.82) is 0 Å². The first kappa shape index (κ1) is 19.2. The van der Waals surface area contributed by atoms with Crippen LogP contribution in [0.15, 0.2) is 29.3 Å². The lowest BCUT2D eigenvalue weighted by Crippen LogP contribution is -2.30. The van der Waals surface area contributed by atoms with E-state index < -0.39 is 0 Å². The second-order valence-electron chi connectivity index (χ2n) is 5.98. The lowest BCUT2D eigenvalue weighted by molar-refractivity contribution is 0.214. The quantitative estimate of drug-likeness (QED) is 0.440. The Morgan fingerprint density at radius 3 is 2.50 bits per heavy atom. The summed E-state index contributed by atoms with van der Waals surface area (Å²) in [6.45, 7) is 5.40. The lowest BCUT2D eigenvalue weighted by atomic mass is 9.94. The van der Waals surface area contributed by atoms with Gasteiger partial charge in [0, 0.05) is 12.2 Å². The number of nitrogens with one attached hydrogen (secondary N) is 1. The zero-order valence-corrected chi connectivity index (χ0v) is 16.0. The van der Waals surface area contributed by atoms with Crippen molar-refractivity contribution in [3.05, 3.63) is 29.8 Å². The van der Waals surface area contributed by atoms with Crippen molar-refractivity contribution >= 4 is 35.6 Å². The molecule has 1 aliphatic heterocycles. The Labute approximate surface area is 151 Å². The maximum absolute atomic E-state index is 5.94. The minimum atomic E-state index is 0. The van der Waals surface area contributed by atoms with E-state index in [0.29, 0.717) is 5.96 Å². The van der Waals surface area contributed by atoms with Crippen molar-refractivity contribution in [2.75, 3.05) is 32.0 Å². The van der Waals surface area contributed by atoms with Crippen LogP contribution in [0.2, 0.25) is 0 Å². The smallest absolute Gasteiger partial charge is 0.193 e. The Balaban J connectivity index is 0.00000242. The second-order valence-corrected chi connectivity index (χ2v) is 5.98. The van der Waals surface area contributed by atoms with Crippen LogP contribution in [0.25, 0.3) is 0 Å². The number of nitrogens with zero attached hydrogens (tertiary/aromatic N) is 2. The van der Waals surface area contributed by atoms with E-state index in [2.05, 4.69) is 53.4 Å². The Bertz CT molecular complexity index is 450. The van der Waals surface area contributed by atoms with Crippen molar-refractivity contribution in [3.63, 3.8) is 0 Å². The van der Waals surface area contributed by atoms with Crippen LogP contribution in [0.4, 0.5) is 5.69 Å². The van der Waals surface area contributed by atoms with Crippen LogP contribution in [-0.2, 0) is 6.42 Å².